The van der Waals surface area contributed by atoms with Gasteiger partial charge in [0.1, 0.15) is 0 Å². The van der Waals surface area contributed by atoms with E-state index in [1.165, 1.54) is 0 Å². The summed E-state index contributed by atoms with van der Waals surface area (Å²) in [6, 6.07) is 0. The maximum atomic E-state index is 9.10. The number of aliphatic carboxylic acids is 2. The van der Waals surface area contributed by atoms with Crippen LogP contribution in [0.4, 0.5) is 0 Å². The molecule has 0 saturated carbocycles. The van der Waals surface area contributed by atoms with Gasteiger partial charge >= 0.3 is 59.8 Å². The Bertz CT molecular complexity index is 86.8. The van der Waals surface area contributed by atoms with Crippen LogP contribution in [0.3, 0.4) is 0 Å². The molecule has 0 saturated heterocycles. The molecule has 9 nitrogen and oxygen atoms in total. The molecule has 12 N–H and O–H groups in total. The second kappa shape index (κ2) is 49.5. The van der Waals surface area contributed by atoms with Crippen LogP contribution in [-0.4, -0.2) is 97.3 Å². The Morgan fingerprint density at radius 3 is 0.714 bits per heavy atom. The summed E-state index contributed by atoms with van der Waals surface area (Å²) in [5.74, 6) is -3.65. The van der Waals surface area contributed by atoms with E-state index in [-0.39, 0.29) is 87.6 Å². The molecule has 0 fully saturated rings. The first-order valence-electron chi connectivity index (χ1n) is 1.11. The van der Waals surface area contributed by atoms with E-state index in [4.69, 9.17) is 19.8 Å². The maximum absolute atomic E-state index is 9.10. The van der Waals surface area contributed by atoms with Crippen molar-refractivity contribution in [2.75, 3.05) is 0 Å². The van der Waals surface area contributed by atoms with E-state index in [1.54, 1.807) is 0 Å². The van der Waals surface area contributed by atoms with Gasteiger partial charge in [-0.3, -0.25) is 0 Å². The van der Waals surface area contributed by atoms with Gasteiger partial charge in [0.05, 0.1) is 0 Å². The van der Waals surface area contributed by atoms with Gasteiger partial charge in [0.2, 0.25) is 0 Å². The average Bonchev–Trinajstić information content (AvgIpc) is 1.36. The van der Waals surface area contributed by atoms with E-state index in [1.807, 2.05) is 0 Å². The Labute approximate surface area is 119 Å². The molecule has 12 heteroatoms. The van der Waals surface area contributed by atoms with Gasteiger partial charge < -0.3 is 37.6 Å². The molecule has 0 aromatic carbocycles. The third-order valence-electron chi connectivity index (χ3n) is 0.183. The molecule has 0 bridgehead atoms. The summed E-state index contributed by atoms with van der Waals surface area (Å²) >= 11 is 0. The van der Waals surface area contributed by atoms with Crippen LogP contribution in [0.15, 0.2) is 0 Å². The molecule has 4 radical (unpaired) electrons. The molecule has 0 unspecified atom stereocenters. The van der Waals surface area contributed by atoms with E-state index in [0.29, 0.717) is 0 Å². The first-order valence-corrected chi connectivity index (χ1v) is 1.11. The van der Waals surface area contributed by atoms with Gasteiger partial charge in [-0.25, -0.2) is 9.59 Å². The first kappa shape index (κ1) is 85.8. The van der Waals surface area contributed by atoms with Crippen LogP contribution in [0.1, 0.15) is 0 Å². The summed E-state index contributed by atoms with van der Waals surface area (Å²) in [5.41, 5.74) is 0. The van der Waals surface area contributed by atoms with Crippen molar-refractivity contribution in [3.05, 3.63) is 0 Å². The fourth-order valence-corrected chi connectivity index (χ4v) is 0. The van der Waals surface area contributed by atoms with E-state index >= 15 is 0 Å². The van der Waals surface area contributed by atoms with Crippen LogP contribution < -0.4 is 0 Å². The summed E-state index contributed by atoms with van der Waals surface area (Å²) in [7, 11) is 0. The van der Waals surface area contributed by atoms with E-state index in [9.17, 15) is 0 Å². The number of carbonyl (C=O) groups is 2. The monoisotopic (exact) mass is 460 g/mol. The topological polar surface area (TPSA) is 232 Å². The van der Waals surface area contributed by atoms with Crippen LogP contribution in [0, 0.1) is 0 Å². The summed E-state index contributed by atoms with van der Waals surface area (Å²) < 4.78 is 0. The minimum absolute atomic E-state index is 0. The molecule has 0 aliphatic rings. The molecule has 14 heavy (non-hydrogen) atoms. The number of halogens is 1. The van der Waals surface area contributed by atoms with Crippen molar-refractivity contribution in [1.82, 2.24) is 0 Å². The number of rotatable bonds is 0. The summed E-state index contributed by atoms with van der Waals surface area (Å²) in [6.07, 6.45) is 0. The molecule has 0 aliphatic heterocycles. The second-order valence-electron chi connectivity index (χ2n) is 0.610. The van der Waals surface area contributed by atoms with Crippen LogP contribution >= 0.6 is 12.4 Å². The van der Waals surface area contributed by atoms with E-state index in [2.05, 4.69) is 0 Å². The fourth-order valence-electron chi connectivity index (χ4n) is 0. The quantitative estimate of drug-likeness (QED) is 0.266. The normalized spacial score (nSPS) is 3.14. The first-order chi connectivity index (χ1) is 2.64. The molecular formula is C2H17ClO9Sn2. The van der Waals surface area contributed by atoms with Crippen molar-refractivity contribution < 1.29 is 47.2 Å². The molecular weight excluding hydrogens is 441 g/mol. The average molecular weight is 458 g/mol. The molecule has 0 aromatic rings. The molecule has 0 aromatic heterocycles. The molecule has 0 aliphatic carbocycles. The second-order valence-corrected chi connectivity index (χ2v) is 0.610. The third-order valence-corrected chi connectivity index (χ3v) is 0.183. The summed E-state index contributed by atoms with van der Waals surface area (Å²) in [5, 5.41) is 14.8. The Morgan fingerprint density at radius 2 is 0.714 bits per heavy atom. The Kier molecular flexibility index (Phi) is 303. The Morgan fingerprint density at radius 1 is 0.643 bits per heavy atom. The van der Waals surface area contributed by atoms with Gasteiger partial charge in [-0.05, 0) is 0 Å². The molecule has 0 spiro atoms. The molecule has 0 heterocycles. The zero-order valence-corrected chi connectivity index (χ0v) is 15.9. The van der Waals surface area contributed by atoms with Gasteiger partial charge in [0.25, 0.3) is 0 Å². The predicted octanol–water partition coefficient (Wildman–Crippen LogP) is -6.38. The van der Waals surface area contributed by atoms with Crippen LogP contribution in [-0.2, 0) is 9.59 Å². The zero-order valence-electron chi connectivity index (χ0n) is 7.03. The minimum atomic E-state index is -1.82. The standard InChI is InChI=1S/C2H2O4.ClH.5H2O.2Sn.4H/c3-1(4)2(5)6;;;;;;;;;;;;/h(H,3,4)(H,5,6);1H;5*1H2;;;;;;. The summed E-state index contributed by atoms with van der Waals surface area (Å²) in [4.78, 5) is 18.2. The SMILES string of the molecule is Cl.O.O.O.O.O.O=C(O)C(=O)O.[SnH2].[SnH2]. The van der Waals surface area contributed by atoms with Crippen molar-refractivity contribution in [3.63, 3.8) is 0 Å². The number of carboxylic acids is 2. The molecule has 0 rings (SSSR count). The van der Waals surface area contributed by atoms with Crippen LogP contribution in [0.5, 0.6) is 0 Å². The molecule has 94 valence electrons. The number of hydrogen-bond donors (Lipinski definition) is 2. The van der Waals surface area contributed by atoms with Gasteiger partial charge in [-0.1, -0.05) is 0 Å². The van der Waals surface area contributed by atoms with Crippen LogP contribution in [0.2, 0.25) is 0 Å². The van der Waals surface area contributed by atoms with Gasteiger partial charge in [-0.15, -0.1) is 12.4 Å². The van der Waals surface area contributed by atoms with E-state index < -0.39 is 11.9 Å². The van der Waals surface area contributed by atoms with Crippen LogP contribution in [0.25, 0.3) is 0 Å². The number of hydrogen-bond acceptors (Lipinski definition) is 2. The Balaban J connectivity index is -0.00000000446. The third kappa shape index (κ3) is 79.7. The molecule has 0 atom stereocenters. The number of carboxylic acid groups (broad SMARTS) is 2. The van der Waals surface area contributed by atoms with Crippen molar-refractivity contribution in [3.8, 4) is 0 Å². The van der Waals surface area contributed by atoms with Crippen molar-refractivity contribution in [2.45, 2.75) is 0 Å². The van der Waals surface area contributed by atoms with Gasteiger partial charge in [-0.2, -0.15) is 0 Å². The summed E-state index contributed by atoms with van der Waals surface area (Å²) in [6.45, 7) is 0. The van der Waals surface area contributed by atoms with Crippen molar-refractivity contribution >= 4 is 72.2 Å². The van der Waals surface area contributed by atoms with E-state index in [0.717, 1.165) is 0 Å². The van der Waals surface area contributed by atoms with Crippen molar-refractivity contribution in [1.29, 1.82) is 0 Å². The predicted molar refractivity (Wildman–Crippen MR) is 57.7 cm³/mol. The van der Waals surface area contributed by atoms with Gasteiger partial charge in [0, 0.05) is 0 Å². The molecule has 0 amide bonds. The van der Waals surface area contributed by atoms with Gasteiger partial charge in [0.15, 0.2) is 0 Å². The zero-order chi connectivity index (χ0) is 5.15. The Hall–Kier alpha value is 0.627. The fraction of sp³-hybridized carbons (Fsp3) is 0. The van der Waals surface area contributed by atoms with Crippen molar-refractivity contribution in [2.24, 2.45) is 0 Å².